The fourth-order valence-corrected chi connectivity index (χ4v) is 1.50. The van der Waals surface area contributed by atoms with Gasteiger partial charge in [-0.25, -0.2) is 0 Å². The normalized spacial score (nSPS) is 30.1. The lowest BCUT2D eigenvalue weighted by Gasteiger charge is -2.29. The van der Waals surface area contributed by atoms with E-state index >= 15 is 0 Å². The Morgan fingerprint density at radius 3 is 3.08 bits per heavy atom. The van der Waals surface area contributed by atoms with Crippen LogP contribution in [0.25, 0.3) is 0 Å². The predicted octanol–water partition coefficient (Wildman–Crippen LogP) is 0.860. The van der Waals surface area contributed by atoms with Gasteiger partial charge in [-0.2, -0.15) is 0 Å². The standard InChI is InChI=1S/C8H14O4/c1-11-8-6(5-7(9)10)3-2-4-12-8/h6,8H,2-5H2,1H3,(H,9,10). The van der Waals surface area contributed by atoms with Crippen molar-refractivity contribution in [2.75, 3.05) is 13.7 Å². The van der Waals surface area contributed by atoms with Crippen molar-refractivity contribution in [3.8, 4) is 0 Å². The number of ether oxygens (including phenoxy) is 2. The average Bonchev–Trinajstić information content (AvgIpc) is 2.04. The molecule has 2 atom stereocenters. The molecule has 0 radical (unpaired) electrons. The molecule has 0 aromatic rings. The third-order valence-electron chi connectivity index (χ3n) is 2.06. The highest BCUT2D eigenvalue weighted by Gasteiger charge is 2.27. The molecule has 1 heterocycles. The second-order valence-electron chi connectivity index (χ2n) is 2.98. The average molecular weight is 174 g/mol. The van der Waals surface area contributed by atoms with E-state index in [1.54, 1.807) is 7.11 Å². The van der Waals surface area contributed by atoms with E-state index in [0.717, 1.165) is 12.8 Å². The third kappa shape index (κ3) is 2.46. The van der Waals surface area contributed by atoms with Crippen molar-refractivity contribution in [3.05, 3.63) is 0 Å². The highest BCUT2D eigenvalue weighted by Crippen LogP contribution is 2.24. The molecule has 0 aliphatic carbocycles. The van der Waals surface area contributed by atoms with E-state index in [1.807, 2.05) is 0 Å². The molecule has 70 valence electrons. The fourth-order valence-electron chi connectivity index (χ4n) is 1.50. The molecule has 0 aromatic carbocycles. The Balaban J connectivity index is 2.41. The van der Waals surface area contributed by atoms with Crippen molar-refractivity contribution in [2.24, 2.45) is 5.92 Å². The van der Waals surface area contributed by atoms with Crippen molar-refractivity contribution in [2.45, 2.75) is 25.6 Å². The van der Waals surface area contributed by atoms with Crippen LogP contribution in [0.2, 0.25) is 0 Å². The van der Waals surface area contributed by atoms with Gasteiger partial charge in [0, 0.05) is 19.6 Å². The zero-order valence-corrected chi connectivity index (χ0v) is 7.16. The molecule has 1 saturated heterocycles. The van der Waals surface area contributed by atoms with Crippen LogP contribution in [0.1, 0.15) is 19.3 Å². The zero-order valence-electron chi connectivity index (χ0n) is 7.16. The monoisotopic (exact) mass is 174 g/mol. The first kappa shape index (κ1) is 9.48. The Labute approximate surface area is 71.5 Å². The second-order valence-corrected chi connectivity index (χ2v) is 2.98. The molecule has 1 rings (SSSR count). The van der Waals surface area contributed by atoms with Crippen molar-refractivity contribution in [3.63, 3.8) is 0 Å². The zero-order chi connectivity index (χ0) is 8.97. The van der Waals surface area contributed by atoms with Crippen LogP contribution in [0, 0.1) is 5.92 Å². The largest absolute Gasteiger partial charge is 0.481 e. The van der Waals surface area contributed by atoms with Gasteiger partial charge in [0.15, 0.2) is 6.29 Å². The summed E-state index contributed by atoms with van der Waals surface area (Å²) in [5.74, 6) is -0.770. The summed E-state index contributed by atoms with van der Waals surface area (Å²) in [6.07, 6.45) is 1.62. The third-order valence-corrected chi connectivity index (χ3v) is 2.06. The van der Waals surface area contributed by atoms with E-state index in [-0.39, 0.29) is 18.6 Å². The smallest absolute Gasteiger partial charge is 0.303 e. The molecular weight excluding hydrogens is 160 g/mol. The Kier molecular flexibility index (Phi) is 3.49. The number of methoxy groups -OCH3 is 1. The topological polar surface area (TPSA) is 55.8 Å². The molecule has 0 amide bonds. The van der Waals surface area contributed by atoms with E-state index in [9.17, 15) is 4.79 Å². The summed E-state index contributed by atoms with van der Waals surface area (Å²) in [6.45, 7) is 0.675. The van der Waals surface area contributed by atoms with Crippen LogP contribution >= 0.6 is 0 Å². The number of hydrogen-bond donors (Lipinski definition) is 1. The van der Waals surface area contributed by atoms with Gasteiger partial charge in [0.25, 0.3) is 0 Å². The highest BCUT2D eigenvalue weighted by molar-refractivity contribution is 5.67. The fraction of sp³-hybridized carbons (Fsp3) is 0.875. The molecule has 1 aliphatic rings. The molecule has 2 unspecified atom stereocenters. The Morgan fingerprint density at radius 1 is 1.75 bits per heavy atom. The van der Waals surface area contributed by atoms with Gasteiger partial charge in [0.1, 0.15) is 0 Å². The molecule has 12 heavy (non-hydrogen) atoms. The van der Waals surface area contributed by atoms with Gasteiger partial charge in [0.05, 0.1) is 6.42 Å². The van der Waals surface area contributed by atoms with Gasteiger partial charge in [-0.1, -0.05) is 0 Å². The summed E-state index contributed by atoms with van der Waals surface area (Å²) in [5, 5.41) is 8.57. The first-order valence-electron chi connectivity index (χ1n) is 4.10. The van der Waals surface area contributed by atoms with Crippen LogP contribution in [0.4, 0.5) is 0 Å². The summed E-state index contributed by atoms with van der Waals surface area (Å²) in [4.78, 5) is 10.4. The Bertz CT molecular complexity index is 157. The molecule has 0 spiro atoms. The predicted molar refractivity (Wildman–Crippen MR) is 41.7 cm³/mol. The molecular formula is C8H14O4. The summed E-state index contributed by atoms with van der Waals surface area (Å²) in [7, 11) is 1.55. The van der Waals surface area contributed by atoms with Crippen LogP contribution in [0.15, 0.2) is 0 Å². The molecule has 1 N–H and O–H groups in total. The number of rotatable bonds is 3. The molecule has 4 heteroatoms. The second kappa shape index (κ2) is 4.42. The minimum absolute atomic E-state index is 0.0150. The van der Waals surface area contributed by atoms with E-state index < -0.39 is 5.97 Å². The Morgan fingerprint density at radius 2 is 2.50 bits per heavy atom. The number of carboxylic acids is 1. The maximum atomic E-state index is 10.4. The van der Waals surface area contributed by atoms with Crippen LogP contribution < -0.4 is 0 Å². The number of carbonyl (C=O) groups is 1. The Hall–Kier alpha value is -0.610. The first-order chi connectivity index (χ1) is 5.74. The molecule has 4 nitrogen and oxygen atoms in total. The lowest BCUT2D eigenvalue weighted by molar-refractivity contribution is -0.183. The lowest BCUT2D eigenvalue weighted by atomic mass is 9.97. The van der Waals surface area contributed by atoms with Gasteiger partial charge in [-0.05, 0) is 12.8 Å². The van der Waals surface area contributed by atoms with Gasteiger partial charge in [0.2, 0.25) is 0 Å². The van der Waals surface area contributed by atoms with Gasteiger partial charge >= 0.3 is 5.97 Å². The molecule has 0 bridgehead atoms. The van der Waals surface area contributed by atoms with Crippen molar-refractivity contribution in [1.29, 1.82) is 0 Å². The lowest BCUT2D eigenvalue weighted by Crippen LogP contribution is -2.32. The van der Waals surface area contributed by atoms with E-state index in [2.05, 4.69) is 0 Å². The van der Waals surface area contributed by atoms with Crippen LogP contribution in [0.3, 0.4) is 0 Å². The molecule has 0 saturated carbocycles. The van der Waals surface area contributed by atoms with Gasteiger partial charge in [-0.15, -0.1) is 0 Å². The van der Waals surface area contributed by atoms with E-state index in [1.165, 1.54) is 0 Å². The quantitative estimate of drug-likeness (QED) is 0.689. The van der Waals surface area contributed by atoms with Crippen molar-refractivity contribution < 1.29 is 19.4 Å². The summed E-state index contributed by atoms with van der Waals surface area (Å²) < 4.78 is 10.3. The number of carboxylic acid groups (broad SMARTS) is 1. The summed E-state index contributed by atoms with van der Waals surface area (Å²) in [5.41, 5.74) is 0. The first-order valence-corrected chi connectivity index (χ1v) is 4.10. The maximum Gasteiger partial charge on any atom is 0.303 e. The van der Waals surface area contributed by atoms with Crippen LogP contribution in [-0.2, 0) is 14.3 Å². The van der Waals surface area contributed by atoms with Gasteiger partial charge in [-0.3, -0.25) is 4.79 Å². The molecule has 1 fully saturated rings. The minimum Gasteiger partial charge on any atom is -0.481 e. The van der Waals surface area contributed by atoms with Crippen LogP contribution in [-0.4, -0.2) is 31.1 Å². The maximum absolute atomic E-state index is 10.4. The number of hydrogen-bond acceptors (Lipinski definition) is 3. The minimum atomic E-state index is -0.785. The summed E-state index contributed by atoms with van der Waals surface area (Å²) in [6, 6.07) is 0. The van der Waals surface area contributed by atoms with Crippen molar-refractivity contribution >= 4 is 5.97 Å². The number of aliphatic carboxylic acids is 1. The van der Waals surface area contributed by atoms with Gasteiger partial charge < -0.3 is 14.6 Å². The summed E-state index contributed by atoms with van der Waals surface area (Å²) >= 11 is 0. The SMILES string of the molecule is COC1OCCCC1CC(=O)O. The van der Waals surface area contributed by atoms with E-state index in [0.29, 0.717) is 6.61 Å². The van der Waals surface area contributed by atoms with Crippen molar-refractivity contribution in [1.82, 2.24) is 0 Å². The molecule has 1 aliphatic heterocycles. The van der Waals surface area contributed by atoms with Crippen LogP contribution in [0.5, 0.6) is 0 Å². The van der Waals surface area contributed by atoms with E-state index in [4.69, 9.17) is 14.6 Å². The highest BCUT2D eigenvalue weighted by atomic mass is 16.7. The molecule has 0 aromatic heterocycles.